The van der Waals surface area contributed by atoms with E-state index in [1.165, 1.54) is 0 Å². The molecular weight excluding hydrogens is 457 g/mol. The van der Waals surface area contributed by atoms with Crippen molar-refractivity contribution in [2.45, 2.75) is 39.8 Å². The van der Waals surface area contributed by atoms with Crippen LogP contribution in [0.4, 0.5) is 0 Å². The average molecular weight is 484 g/mol. The molecule has 0 bridgehead atoms. The minimum Gasteiger partial charge on any atom is -0.489 e. The Kier molecular flexibility index (Phi) is 7.32. The molecule has 0 spiro atoms. The molecule has 0 amide bonds. The molecule has 5 nitrogen and oxygen atoms in total. The van der Waals surface area contributed by atoms with Gasteiger partial charge in [-0.2, -0.15) is 0 Å². The Bertz CT molecular complexity index is 1130. The monoisotopic (exact) mass is 483 g/mol. The zero-order valence-corrected chi connectivity index (χ0v) is 20.4. The summed E-state index contributed by atoms with van der Waals surface area (Å²) in [7, 11) is 0. The number of benzene rings is 2. The van der Waals surface area contributed by atoms with Gasteiger partial charge in [-0.05, 0) is 47.4 Å². The minimum absolute atomic E-state index is 0.0241. The van der Waals surface area contributed by atoms with E-state index in [2.05, 4.69) is 23.7 Å². The van der Waals surface area contributed by atoms with Crippen molar-refractivity contribution in [1.29, 1.82) is 0 Å². The molecule has 4 rings (SSSR count). The number of aldehydes is 1. The zero-order chi connectivity index (χ0) is 23.4. The van der Waals surface area contributed by atoms with E-state index in [4.69, 9.17) is 32.9 Å². The molecular formula is C26H27Cl2N3O2. The lowest BCUT2D eigenvalue weighted by Crippen LogP contribution is -2.38. The Morgan fingerprint density at radius 2 is 1.91 bits per heavy atom. The molecule has 2 heterocycles. The fourth-order valence-corrected chi connectivity index (χ4v) is 4.36. The molecule has 0 saturated heterocycles. The Morgan fingerprint density at radius 3 is 2.64 bits per heavy atom. The smallest absolute Gasteiger partial charge is 0.159 e. The van der Waals surface area contributed by atoms with E-state index in [0.717, 1.165) is 66.3 Å². The molecule has 3 aromatic rings. The number of carbonyl (C=O) groups is 1. The molecule has 0 fully saturated rings. The van der Waals surface area contributed by atoms with Gasteiger partial charge in [0.25, 0.3) is 0 Å². The van der Waals surface area contributed by atoms with Crippen LogP contribution in [0.15, 0.2) is 48.7 Å². The van der Waals surface area contributed by atoms with Crippen LogP contribution in [-0.4, -0.2) is 34.2 Å². The zero-order valence-electron chi connectivity index (χ0n) is 18.9. The average Bonchev–Trinajstić information content (AvgIpc) is 2.79. The number of fused-ring (bicyclic) bond motifs is 1. The topological polar surface area (TPSA) is 55.3 Å². The number of nitrogens with zero attached hydrogens (tertiary/aromatic N) is 3. The van der Waals surface area contributed by atoms with E-state index in [1.807, 2.05) is 42.6 Å². The largest absolute Gasteiger partial charge is 0.489 e. The Labute approximate surface area is 204 Å². The lowest BCUT2D eigenvalue weighted by molar-refractivity contribution is -0.109. The summed E-state index contributed by atoms with van der Waals surface area (Å²) in [5, 5.41) is 1.05. The molecule has 0 aliphatic carbocycles. The van der Waals surface area contributed by atoms with E-state index in [-0.39, 0.29) is 5.41 Å². The second kappa shape index (κ2) is 10.2. The van der Waals surface area contributed by atoms with Gasteiger partial charge < -0.3 is 9.53 Å². The summed E-state index contributed by atoms with van der Waals surface area (Å²) in [6.45, 7) is 7.32. The highest BCUT2D eigenvalue weighted by Gasteiger charge is 2.25. The first-order chi connectivity index (χ1) is 15.8. The van der Waals surface area contributed by atoms with Gasteiger partial charge in [0.05, 0.1) is 15.7 Å². The maximum Gasteiger partial charge on any atom is 0.159 e. The highest BCUT2D eigenvalue weighted by atomic mass is 35.5. The van der Waals surface area contributed by atoms with E-state index >= 15 is 0 Å². The van der Waals surface area contributed by atoms with Gasteiger partial charge >= 0.3 is 0 Å². The number of hydrogen-bond donors (Lipinski definition) is 0. The molecule has 0 atom stereocenters. The van der Waals surface area contributed by atoms with Crippen molar-refractivity contribution in [3.63, 3.8) is 0 Å². The maximum atomic E-state index is 10.9. The van der Waals surface area contributed by atoms with Crippen molar-refractivity contribution in [1.82, 2.24) is 14.9 Å². The number of ether oxygens (including phenoxy) is 1. The fraction of sp³-hybridized carbons (Fsp3) is 0.346. The van der Waals surface area contributed by atoms with E-state index < -0.39 is 0 Å². The second-order valence-corrected chi connectivity index (χ2v) is 10.0. The van der Waals surface area contributed by atoms with Gasteiger partial charge in [0.2, 0.25) is 0 Å². The third-order valence-corrected chi connectivity index (χ3v) is 6.54. The highest BCUT2D eigenvalue weighted by Crippen LogP contribution is 2.27. The number of rotatable bonds is 8. The van der Waals surface area contributed by atoms with Crippen LogP contribution >= 0.6 is 23.2 Å². The van der Waals surface area contributed by atoms with E-state index in [0.29, 0.717) is 23.1 Å². The Morgan fingerprint density at radius 1 is 1.12 bits per heavy atom. The molecule has 1 aliphatic heterocycles. The number of carbonyl (C=O) groups excluding carboxylic acids is 1. The third-order valence-electron chi connectivity index (χ3n) is 5.80. The van der Waals surface area contributed by atoms with Gasteiger partial charge in [-0.25, -0.2) is 9.97 Å². The molecule has 0 radical (unpaired) electrons. The van der Waals surface area contributed by atoms with E-state index in [9.17, 15) is 4.79 Å². The van der Waals surface area contributed by atoms with Gasteiger partial charge in [-0.1, -0.05) is 43.1 Å². The molecule has 172 valence electrons. The van der Waals surface area contributed by atoms with Crippen LogP contribution in [0.2, 0.25) is 10.0 Å². The molecule has 0 saturated carbocycles. The summed E-state index contributed by atoms with van der Waals surface area (Å²) in [4.78, 5) is 22.7. The molecule has 0 N–H and O–H groups in total. The predicted molar refractivity (Wildman–Crippen MR) is 132 cm³/mol. The molecule has 1 aromatic heterocycles. The van der Waals surface area contributed by atoms with Crippen molar-refractivity contribution >= 4 is 29.5 Å². The number of aromatic nitrogens is 2. The molecule has 33 heavy (non-hydrogen) atoms. The molecule has 1 aliphatic rings. The first kappa shape index (κ1) is 23.7. The van der Waals surface area contributed by atoms with Crippen molar-refractivity contribution in [3.8, 4) is 17.1 Å². The highest BCUT2D eigenvalue weighted by molar-refractivity contribution is 6.42. The quantitative estimate of drug-likeness (QED) is 0.367. The van der Waals surface area contributed by atoms with Gasteiger partial charge in [-0.3, -0.25) is 4.90 Å². The molecule has 7 heteroatoms. The lowest BCUT2D eigenvalue weighted by Gasteiger charge is -2.34. The van der Waals surface area contributed by atoms with Crippen molar-refractivity contribution < 1.29 is 9.53 Å². The van der Waals surface area contributed by atoms with Crippen LogP contribution in [0.1, 0.15) is 37.1 Å². The molecule has 2 aromatic carbocycles. The SMILES string of the molecule is CC(C)(CC=O)CN1CCc2nc(-c3ccc(OCc4ccc(Cl)c(Cl)c4)cc3)ncc2C1. The van der Waals surface area contributed by atoms with Crippen molar-refractivity contribution in [2.75, 3.05) is 13.1 Å². The number of halogens is 2. The fourth-order valence-electron chi connectivity index (χ4n) is 4.04. The van der Waals surface area contributed by atoms with Crippen LogP contribution < -0.4 is 4.74 Å². The van der Waals surface area contributed by atoms with Crippen LogP contribution in [0.25, 0.3) is 11.4 Å². The summed E-state index contributed by atoms with van der Waals surface area (Å²) in [5.41, 5.74) is 4.14. The van der Waals surface area contributed by atoms with Crippen LogP contribution in [0.3, 0.4) is 0 Å². The normalized spacial score (nSPS) is 14.1. The van der Waals surface area contributed by atoms with Crippen LogP contribution in [-0.2, 0) is 24.4 Å². The summed E-state index contributed by atoms with van der Waals surface area (Å²) < 4.78 is 5.87. The summed E-state index contributed by atoms with van der Waals surface area (Å²) in [6.07, 6.45) is 4.40. The Balaban J connectivity index is 1.39. The van der Waals surface area contributed by atoms with Gasteiger partial charge in [0.15, 0.2) is 5.82 Å². The van der Waals surface area contributed by atoms with Crippen molar-refractivity contribution in [2.24, 2.45) is 5.41 Å². The van der Waals surface area contributed by atoms with E-state index in [1.54, 1.807) is 6.07 Å². The third kappa shape index (κ3) is 6.11. The standard InChI is InChI=1S/C26H27Cl2N3O2/c1-26(2,10-12-32)17-31-11-9-24-20(15-31)14-29-25(30-24)19-4-6-21(7-5-19)33-16-18-3-8-22(27)23(28)13-18/h3-8,12-14H,9-11,15-17H2,1-2H3. The lowest BCUT2D eigenvalue weighted by atomic mass is 9.88. The van der Waals surface area contributed by atoms with Gasteiger partial charge in [0, 0.05) is 49.8 Å². The van der Waals surface area contributed by atoms with Crippen molar-refractivity contribution in [3.05, 3.63) is 75.5 Å². The Hall–Kier alpha value is -2.47. The summed E-state index contributed by atoms with van der Waals surface area (Å²) in [5.74, 6) is 1.48. The van der Waals surface area contributed by atoms with Gasteiger partial charge in [0.1, 0.15) is 18.6 Å². The first-order valence-corrected chi connectivity index (χ1v) is 11.8. The summed E-state index contributed by atoms with van der Waals surface area (Å²) in [6, 6.07) is 13.3. The van der Waals surface area contributed by atoms with Crippen LogP contribution in [0, 0.1) is 5.41 Å². The predicted octanol–water partition coefficient (Wildman–Crippen LogP) is 6.00. The summed E-state index contributed by atoms with van der Waals surface area (Å²) >= 11 is 12.0. The number of hydrogen-bond acceptors (Lipinski definition) is 5. The molecule has 0 unspecified atom stereocenters. The maximum absolute atomic E-state index is 10.9. The van der Waals surface area contributed by atoms with Gasteiger partial charge in [-0.15, -0.1) is 0 Å². The first-order valence-electron chi connectivity index (χ1n) is 11.0. The minimum atomic E-state index is -0.0241. The second-order valence-electron chi connectivity index (χ2n) is 9.22. The van der Waals surface area contributed by atoms with Crippen LogP contribution in [0.5, 0.6) is 5.75 Å².